The molecule has 0 aliphatic carbocycles. The maximum atomic E-state index is 13.4. The highest BCUT2D eigenvalue weighted by Crippen LogP contribution is 2.22. The van der Waals surface area contributed by atoms with Crippen LogP contribution in [-0.2, 0) is 28.6 Å². The van der Waals surface area contributed by atoms with Crippen molar-refractivity contribution in [3.63, 3.8) is 0 Å². The van der Waals surface area contributed by atoms with Crippen LogP contribution in [0.4, 0.5) is 0 Å². The third kappa shape index (κ3) is 29.0. The molecule has 0 bridgehead atoms. The summed E-state index contributed by atoms with van der Waals surface area (Å²) in [5, 5.41) is 8.78. The second kappa shape index (κ2) is 36.0. The molecule has 10 heteroatoms. The zero-order valence-corrected chi connectivity index (χ0v) is 36.3. The first kappa shape index (κ1) is 50.7. The van der Waals surface area contributed by atoms with Crippen LogP contribution in [0.5, 0.6) is 0 Å². The van der Waals surface area contributed by atoms with Crippen molar-refractivity contribution in [3.8, 4) is 0 Å². The summed E-state index contributed by atoms with van der Waals surface area (Å²) in [4.78, 5) is 43.5. The molecule has 0 aromatic rings. The average Bonchev–Trinajstić information content (AvgIpc) is 3.16. The molecule has 9 nitrogen and oxygen atoms in total. The second-order valence-electron chi connectivity index (χ2n) is 15.7. The van der Waals surface area contributed by atoms with Crippen LogP contribution in [0.3, 0.4) is 0 Å². The molecule has 1 aliphatic heterocycles. The Bertz CT molecular complexity index is 902. The Morgan fingerprint density at radius 1 is 0.574 bits per heavy atom. The minimum atomic E-state index is -0.621. The van der Waals surface area contributed by atoms with Gasteiger partial charge in [0.1, 0.15) is 18.8 Å². The lowest BCUT2D eigenvalue weighted by atomic mass is 10.0. The van der Waals surface area contributed by atoms with E-state index in [0.29, 0.717) is 31.6 Å². The Labute approximate surface area is 336 Å². The second-order valence-corrected chi connectivity index (χ2v) is 17.1. The molecule has 1 fully saturated rings. The molecule has 1 heterocycles. The predicted molar refractivity (Wildman–Crippen MR) is 225 cm³/mol. The van der Waals surface area contributed by atoms with Crippen molar-refractivity contribution in [2.75, 3.05) is 58.2 Å². The number of unbranched alkanes of at least 4 members (excludes halogenated alkanes) is 17. The number of β-amino-alcohol motifs (C(OH)–C–C–N with tert-alkyl or cyclic N) is 1. The molecule has 3 unspecified atom stereocenters. The van der Waals surface area contributed by atoms with Crippen molar-refractivity contribution >= 4 is 29.7 Å². The lowest BCUT2D eigenvalue weighted by Gasteiger charge is -2.34. The summed E-state index contributed by atoms with van der Waals surface area (Å²) >= 11 is 1.41. The molecule has 1 rings (SSSR count). The number of esters is 3. The standard InChI is InChI=1S/C44H84N2O7S/c1-5-8-11-14-16-18-21-23-27-40(26-22-20-17-15-12-9-6-2)53-44(50)39(4)54-38-41(37-51-42(48)28-24-19-13-10-7-3)52-43(49)29-25-30-45-31-33-46(34-32-45)35-36-47/h39-41,47H,5-38H2,1-4H3. The van der Waals surface area contributed by atoms with E-state index in [9.17, 15) is 19.5 Å². The van der Waals surface area contributed by atoms with E-state index in [1.54, 1.807) is 0 Å². The molecule has 54 heavy (non-hydrogen) atoms. The van der Waals surface area contributed by atoms with E-state index in [1.165, 1.54) is 102 Å². The Hall–Kier alpha value is -1.36. The summed E-state index contributed by atoms with van der Waals surface area (Å²) in [5.41, 5.74) is 0. The number of ether oxygens (including phenoxy) is 3. The van der Waals surface area contributed by atoms with Crippen LogP contribution < -0.4 is 0 Å². The molecule has 0 amide bonds. The molecule has 0 radical (unpaired) electrons. The van der Waals surface area contributed by atoms with Gasteiger partial charge in [0.15, 0.2) is 0 Å². The van der Waals surface area contributed by atoms with Gasteiger partial charge >= 0.3 is 17.9 Å². The molecule has 0 saturated carbocycles. The van der Waals surface area contributed by atoms with E-state index in [2.05, 4.69) is 30.6 Å². The molecule has 318 valence electrons. The van der Waals surface area contributed by atoms with Crippen LogP contribution in [0, 0.1) is 0 Å². The molecule has 0 aromatic heterocycles. The smallest absolute Gasteiger partial charge is 0.319 e. The van der Waals surface area contributed by atoms with Crippen LogP contribution in [0.15, 0.2) is 0 Å². The number of rotatable bonds is 37. The van der Waals surface area contributed by atoms with Crippen LogP contribution >= 0.6 is 11.8 Å². The molecule has 1 N–H and O–H groups in total. The van der Waals surface area contributed by atoms with Crippen LogP contribution in [0.25, 0.3) is 0 Å². The van der Waals surface area contributed by atoms with E-state index in [4.69, 9.17) is 14.2 Å². The first-order chi connectivity index (χ1) is 26.3. The van der Waals surface area contributed by atoms with E-state index in [1.807, 2.05) is 6.92 Å². The summed E-state index contributed by atoms with van der Waals surface area (Å²) in [6, 6.07) is 0. The van der Waals surface area contributed by atoms with Gasteiger partial charge in [-0.3, -0.25) is 19.3 Å². The Morgan fingerprint density at radius 2 is 1.04 bits per heavy atom. The third-order valence-corrected chi connectivity index (χ3v) is 11.9. The van der Waals surface area contributed by atoms with Crippen molar-refractivity contribution in [2.45, 2.75) is 206 Å². The highest BCUT2D eigenvalue weighted by molar-refractivity contribution is 8.00. The summed E-state index contributed by atoms with van der Waals surface area (Å²) in [7, 11) is 0. The van der Waals surface area contributed by atoms with Crippen molar-refractivity contribution < 1.29 is 33.7 Å². The van der Waals surface area contributed by atoms with Gasteiger partial charge in [-0.05, 0) is 52.0 Å². The normalized spacial score (nSPS) is 15.5. The topological polar surface area (TPSA) is 106 Å². The van der Waals surface area contributed by atoms with Gasteiger partial charge in [0, 0.05) is 51.3 Å². The number of carbonyl (C=O) groups excluding carboxylic acids is 3. The maximum Gasteiger partial charge on any atom is 0.319 e. The van der Waals surface area contributed by atoms with E-state index in [0.717, 1.165) is 84.1 Å². The number of piperazine rings is 1. The van der Waals surface area contributed by atoms with E-state index >= 15 is 0 Å². The highest BCUT2D eigenvalue weighted by atomic mass is 32.2. The van der Waals surface area contributed by atoms with Crippen LogP contribution in [-0.4, -0.2) is 109 Å². The van der Waals surface area contributed by atoms with Gasteiger partial charge in [-0.15, -0.1) is 11.8 Å². The van der Waals surface area contributed by atoms with Gasteiger partial charge < -0.3 is 24.2 Å². The number of carbonyl (C=O) groups is 3. The molecule has 0 spiro atoms. The van der Waals surface area contributed by atoms with E-state index < -0.39 is 11.4 Å². The Kier molecular flexibility index (Phi) is 33.8. The number of thioether (sulfide) groups is 1. The molecule has 3 atom stereocenters. The van der Waals surface area contributed by atoms with Crippen LogP contribution in [0.2, 0.25) is 0 Å². The molecular weight excluding hydrogens is 701 g/mol. The summed E-state index contributed by atoms with van der Waals surface area (Å²) < 4.78 is 17.6. The third-order valence-electron chi connectivity index (χ3n) is 10.6. The summed E-state index contributed by atoms with van der Waals surface area (Å²) in [5.74, 6) is -0.412. The minimum absolute atomic E-state index is 0.000440. The van der Waals surface area contributed by atoms with Crippen LogP contribution in [0.1, 0.15) is 188 Å². The molecule has 0 aromatic carbocycles. The lowest BCUT2D eigenvalue weighted by Crippen LogP contribution is -2.47. The fraction of sp³-hybridized carbons (Fsp3) is 0.932. The molecule has 1 aliphatic rings. The van der Waals surface area contributed by atoms with Gasteiger partial charge in [0.05, 0.1) is 11.9 Å². The number of nitrogens with zero attached hydrogens (tertiary/aromatic N) is 2. The average molecular weight is 785 g/mol. The zero-order chi connectivity index (χ0) is 39.5. The van der Waals surface area contributed by atoms with Gasteiger partial charge in [-0.1, -0.05) is 130 Å². The largest absolute Gasteiger partial charge is 0.462 e. The summed E-state index contributed by atoms with van der Waals surface area (Å²) in [6.07, 6.45) is 26.5. The predicted octanol–water partition coefficient (Wildman–Crippen LogP) is 9.90. The number of aliphatic hydroxyl groups is 1. The van der Waals surface area contributed by atoms with Gasteiger partial charge in [0.25, 0.3) is 0 Å². The van der Waals surface area contributed by atoms with Crippen molar-refractivity contribution in [1.29, 1.82) is 0 Å². The van der Waals surface area contributed by atoms with Crippen molar-refractivity contribution in [3.05, 3.63) is 0 Å². The fourth-order valence-corrected chi connectivity index (χ4v) is 7.85. The SMILES string of the molecule is CCCCCCCCCCC(CCCCCCCCC)OC(=O)C(C)SCC(COC(=O)CCCCCCC)OC(=O)CCCN1CCN(CCO)CC1. The van der Waals surface area contributed by atoms with Crippen molar-refractivity contribution in [2.24, 2.45) is 0 Å². The number of hydrogen-bond donors (Lipinski definition) is 1. The number of hydrogen-bond acceptors (Lipinski definition) is 10. The Balaban J connectivity index is 2.66. The zero-order valence-electron chi connectivity index (χ0n) is 35.5. The first-order valence-electron chi connectivity index (χ1n) is 22.6. The molecular formula is C44H84N2O7S. The maximum absolute atomic E-state index is 13.4. The highest BCUT2D eigenvalue weighted by Gasteiger charge is 2.24. The monoisotopic (exact) mass is 785 g/mol. The van der Waals surface area contributed by atoms with Crippen molar-refractivity contribution in [1.82, 2.24) is 9.80 Å². The fourth-order valence-electron chi connectivity index (χ4n) is 6.99. The van der Waals surface area contributed by atoms with E-state index in [-0.39, 0.29) is 37.2 Å². The first-order valence-corrected chi connectivity index (χ1v) is 23.6. The quantitative estimate of drug-likeness (QED) is 0.0372. The number of aliphatic hydroxyl groups excluding tert-OH is 1. The van der Waals surface area contributed by atoms with Gasteiger partial charge in [-0.2, -0.15) is 0 Å². The minimum Gasteiger partial charge on any atom is -0.462 e. The van der Waals surface area contributed by atoms with Gasteiger partial charge in [0.2, 0.25) is 0 Å². The Morgan fingerprint density at radius 3 is 1.56 bits per heavy atom. The lowest BCUT2D eigenvalue weighted by molar-refractivity contribution is -0.157. The summed E-state index contributed by atoms with van der Waals surface area (Å²) in [6.45, 7) is 13.9. The molecule has 1 saturated heterocycles. The van der Waals surface area contributed by atoms with Gasteiger partial charge in [-0.25, -0.2) is 0 Å².